The van der Waals surface area contributed by atoms with Crippen LogP contribution in [0.1, 0.15) is 30.1 Å². The van der Waals surface area contributed by atoms with Gasteiger partial charge in [0.15, 0.2) is 0 Å². The number of unbranched alkanes of at least 4 members (excludes halogenated alkanes) is 1. The minimum atomic E-state index is -2.33. The highest BCUT2D eigenvalue weighted by atomic mass is 32.2. The molecule has 24 heavy (non-hydrogen) atoms. The SMILES string of the molecule is CCCCNc1cc(C(=O)O)cc(NS(=O)O)c1-c1cccnc1. The number of carboxylic acids is 1. The van der Waals surface area contributed by atoms with Crippen LogP contribution in [0.15, 0.2) is 36.7 Å². The van der Waals surface area contributed by atoms with Gasteiger partial charge in [-0.1, -0.05) is 19.4 Å². The van der Waals surface area contributed by atoms with Crippen LogP contribution in [0.25, 0.3) is 11.1 Å². The molecular formula is C16H19N3O4S. The molecule has 2 aromatic rings. The van der Waals surface area contributed by atoms with E-state index in [0.717, 1.165) is 12.8 Å². The van der Waals surface area contributed by atoms with Gasteiger partial charge in [0.25, 0.3) is 11.3 Å². The maximum atomic E-state index is 11.4. The summed E-state index contributed by atoms with van der Waals surface area (Å²) in [4.78, 5) is 15.4. The van der Waals surface area contributed by atoms with Crippen LogP contribution < -0.4 is 10.0 Å². The molecule has 0 aliphatic rings. The Hall–Kier alpha value is -2.45. The maximum Gasteiger partial charge on any atom is 0.335 e. The van der Waals surface area contributed by atoms with Crippen LogP contribution in [0.4, 0.5) is 11.4 Å². The minimum Gasteiger partial charge on any atom is -0.478 e. The van der Waals surface area contributed by atoms with E-state index < -0.39 is 17.2 Å². The Kier molecular flexibility index (Phi) is 6.28. The van der Waals surface area contributed by atoms with Crippen molar-refractivity contribution < 1.29 is 18.7 Å². The third-order valence-electron chi connectivity index (χ3n) is 3.38. The predicted molar refractivity (Wildman–Crippen MR) is 94.4 cm³/mol. The number of benzene rings is 1. The van der Waals surface area contributed by atoms with E-state index in [0.29, 0.717) is 23.4 Å². The van der Waals surface area contributed by atoms with Gasteiger partial charge in [-0.05, 0) is 24.6 Å². The number of hydrogen-bond donors (Lipinski definition) is 4. The fourth-order valence-electron chi connectivity index (χ4n) is 2.30. The number of carbonyl (C=O) groups is 1. The lowest BCUT2D eigenvalue weighted by atomic mass is 10.00. The number of aromatic carboxylic acids is 1. The second-order valence-corrected chi connectivity index (χ2v) is 5.83. The van der Waals surface area contributed by atoms with E-state index >= 15 is 0 Å². The number of nitrogens with one attached hydrogen (secondary N) is 2. The average molecular weight is 349 g/mol. The second-order valence-electron chi connectivity index (χ2n) is 5.12. The summed E-state index contributed by atoms with van der Waals surface area (Å²) < 4.78 is 22.8. The Morgan fingerprint density at radius 2 is 2.08 bits per heavy atom. The van der Waals surface area contributed by atoms with Crippen molar-refractivity contribution in [2.45, 2.75) is 19.8 Å². The summed E-state index contributed by atoms with van der Waals surface area (Å²) in [5.41, 5.74) is 2.16. The van der Waals surface area contributed by atoms with Crippen LogP contribution in [0.5, 0.6) is 0 Å². The molecule has 1 aromatic heterocycles. The molecule has 0 amide bonds. The fourth-order valence-corrected chi connectivity index (χ4v) is 2.65. The zero-order chi connectivity index (χ0) is 17.5. The zero-order valence-electron chi connectivity index (χ0n) is 13.2. The molecule has 1 aromatic carbocycles. The van der Waals surface area contributed by atoms with Gasteiger partial charge in [-0.15, -0.1) is 0 Å². The molecule has 1 atom stereocenters. The lowest BCUT2D eigenvalue weighted by Crippen LogP contribution is -2.10. The van der Waals surface area contributed by atoms with Crippen LogP contribution in [-0.2, 0) is 11.3 Å². The number of carboxylic acid groups (broad SMARTS) is 1. The number of rotatable bonds is 8. The first kappa shape index (κ1) is 17.9. The van der Waals surface area contributed by atoms with Crippen molar-refractivity contribution >= 4 is 28.6 Å². The van der Waals surface area contributed by atoms with E-state index in [1.54, 1.807) is 24.5 Å². The van der Waals surface area contributed by atoms with E-state index in [9.17, 15) is 18.7 Å². The molecule has 1 unspecified atom stereocenters. The van der Waals surface area contributed by atoms with Crippen LogP contribution in [0, 0.1) is 0 Å². The highest BCUT2D eigenvalue weighted by molar-refractivity contribution is 7.80. The standard InChI is InChI=1S/C16H19N3O4S/c1-2-3-7-18-13-8-12(16(20)21)9-14(19-24(22)23)15(13)11-5-4-6-17-10-11/h4-6,8-10,18-19H,2-3,7H2,1H3,(H,20,21)(H,22,23). The van der Waals surface area contributed by atoms with Gasteiger partial charge in [0, 0.05) is 35.8 Å². The van der Waals surface area contributed by atoms with Gasteiger partial charge in [-0.25, -0.2) is 9.00 Å². The van der Waals surface area contributed by atoms with Crippen molar-refractivity contribution in [3.8, 4) is 11.1 Å². The number of anilines is 2. The highest BCUT2D eigenvalue weighted by Gasteiger charge is 2.17. The van der Waals surface area contributed by atoms with Gasteiger partial charge in [0.2, 0.25) is 0 Å². The first-order valence-corrected chi connectivity index (χ1v) is 8.56. The summed E-state index contributed by atoms with van der Waals surface area (Å²) >= 11 is -2.33. The topological polar surface area (TPSA) is 112 Å². The van der Waals surface area contributed by atoms with Crippen molar-refractivity contribution in [2.24, 2.45) is 0 Å². The van der Waals surface area contributed by atoms with Gasteiger partial charge in [0.1, 0.15) is 0 Å². The Labute approximate surface area is 142 Å². The fraction of sp³-hybridized carbons (Fsp3) is 0.250. The summed E-state index contributed by atoms with van der Waals surface area (Å²) in [7, 11) is 0. The Morgan fingerprint density at radius 1 is 1.33 bits per heavy atom. The van der Waals surface area contributed by atoms with Crippen molar-refractivity contribution in [2.75, 3.05) is 16.6 Å². The van der Waals surface area contributed by atoms with E-state index in [4.69, 9.17) is 0 Å². The maximum absolute atomic E-state index is 11.4. The Bertz CT molecular complexity index is 738. The number of pyridine rings is 1. The quantitative estimate of drug-likeness (QED) is 0.430. The molecule has 1 heterocycles. The average Bonchev–Trinajstić information content (AvgIpc) is 2.55. The molecule has 8 heteroatoms. The van der Waals surface area contributed by atoms with Crippen molar-refractivity contribution in [1.82, 2.24) is 4.98 Å². The molecule has 0 radical (unpaired) electrons. The first-order valence-electron chi connectivity index (χ1n) is 7.46. The molecule has 2 rings (SSSR count). The summed E-state index contributed by atoms with van der Waals surface area (Å²) in [6.45, 7) is 2.72. The highest BCUT2D eigenvalue weighted by Crippen LogP contribution is 2.36. The largest absolute Gasteiger partial charge is 0.478 e. The Balaban J connectivity index is 2.60. The molecule has 0 saturated carbocycles. The third kappa shape index (κ3) is 4.53. The third-order valence-corrected chi connectivity index (χ3v) is 3.77. The van der Waals surface area contributed by atoms with Crippen molar-refractivity contribution in [1.29, 1.82) is 0 Å². The molecule has 4 N–H and O–H groups in total. The molecule has 7 nitrogen and oxygen atoms in total. The molecule has 0 spiro atoms. The van der Waals surface area contributed by atoms with Crippen LogP contribution in [-0.4, -0.2) is 31.4 Å². The van der Waals surface area contributed by atoms with Gasteiger partial charge >= 0.3 is 5.97 Å². The molecular weight excluding hydrogens is 330 g/mol. The van der Waals surface area contributed by atoms with Crippen molar-refractivity contribution in [3.63, 3.8) is 0 Å². The minimum absolute atomic E-state index is 0.0228. The molecule has 0 aliphatic carbocycles. The van der Waals surface area contributed by atoms with Gasteiger partial charge in [-0.3, -0.25) is 14.3 Å². The second kappa shape index (κ2) is 8.42. The summed E-state index contributed by atoms with van der Waals surface area (Å²) in [6.07, 6.45) is 5.14. The van der Waals surface area contributed by atoms with Gasteiger partial charge in [0.05, 0.1) is 11.3 Å². The molecule has 128 valence electrons. The number of nitrogens with zero attached hydrogens (tertiary/aromatic N) is 1. The summed E-state index contributed by atoms with van der Waals surface area (Å²) in [5, 5.41) is 12.5. The monoisotopic (exact) mass is 349 g/mol. The normalized spacial score (nSPS) is 11.8. The Morgan fingerprint density at radius 3 is 2.67 bits per heavy atom. The summed E-state index contributed by atoms with van der Waals surface area (Å²) in [6, 6.07) is 6.41. The molecule has 0 aliphatic heterocycles. The first-order chi connectivity index (χ1) is 11.5. The molecule has 0 saturated heterocycles. The summed E-state index contributed by atoms with van der Waals surface area (Å²) in [5.74, 6) is -1.11. The van der Waals surface area contributed by atoms with Crippen LogP contribution >= 0.6 is 0 Å². The predicted octanol–water partition coefficient (Wildman–Crippen LogP) is 3.21. The molecule has 0 bridgehead atoms. The number of aromatic nitrogens is 1. The van der Waals surface area contributed by atoms with Crippen LogP contribution in [0.2, 0.25) is 0 Å². The lowest BCUT2D eigenvalue weighted by molar-refractivity contribution is 0.0697. The zero-order valence-corrected chi connectivity index (χ0v) is 14.0. The van der Waals surface area contributed by atoms with Crippen LogP contribution in [0.3, 0.4) is 0 Å². The van der Waals surface area contributed by atoms with E-state index in [2.05, 4.69) is 21.9 Å². The van der Waals surface area contributed by atoms with Gasteiger partial charge < -0.3 is 10.4 Å². The lowest BCUT2D eigenvalue weighted by Gasteiger charge is -2.17. The van der Waals surface area contributed by atoms with Crippen molar-refractivity contribution in [3.05, 3.63) is 42.2 Å². The van der Waals surface area contributed by atoms with E-state index in [1.165, 1.54) is 12.1 Å². The molecule has 0 fully saturated rings. The van der Waals surface area contributed by atoms with E-state index in [1.807, 2.05) is 0 Å². The smallest absolute Gasteiger partial charge is 0.335 e. The van der Waals surface area contributed by atoms with E-state index in [-0.39, 0.29) is 11.3 Å². The van der Waals surface area contributed by atoms with Gasteiger partial charge in [-0.2, -0.15) is 0 Å². The number of hydrogen-bond acceptors (Lipinski definition) is 4.